The molecule has 0 saturated heterocycles. The molecule has 24 heavy (non-hydrogen) atoms. The minimum absolute atomic E-state index is 0.0162. The number of rotatable bonds is 7. The van der Waals surface area contributed by atoms with Crippen molar-refractivity contribution in [3.8, 4) is 5.75 Å². The fourth-order valence-electron chi connectivity index (χ4n) is 2.38. The first-order valence-electron chi connectivity index (χ1n) is 8.06. The highest BCUT2D eigenvalue weighted by atomic mass is 16.5. The second kappa shape index (κ2) is 8.29. The molecule has 2 rings (SSSR count). The molecule has 0 aliphatic heterocycles. The maximum Gasteiger partial charge on any atom is 0.224 e. The third-order valence-corrected chi connectivity index (χ3v) is 3.73. The van der Waals surface area contributed by atoms with Gasteiger partial charge in [-0.25, -0.2) is 0 Å². The number of amides is 1. The Morgan fingerprint density at radius 1 is 1.04 bits per heavy atom. The number of nitrogens with one attached hydrogen (secondary N) is 1. The zero-order valence-corrected chi connectivity index (χ0v) is 14.4. The van der Waals surface area contributed by atoms with Gasteiger partial charge < -0.3 is 10.1 Å². The lowest BCUT2D eigenvalue weighted by Crippen LogP contribution is -2.13. The number of carbonyl (C=O) groups is 2. The molecule has 0 fully saturated rings. The first kappa shape index (κ1) is 17.7. The Morgan fingerprint density at radius 3 is 2.38 bits per heavy atom. The summed E-state index contributed by atoms with van der Waals surface area (Å²) in [5, 5.41) is 2.92. The van der Waals surface area contributed by atoms with Crippen LogP contribution in [0.2, 0.25) is 0 Å². The molecule has 1 N–H and O–H groups in total. The fraction of sp³-hybridized carbons (Fsp3) is 0.300. The molecule has 0 aliphatic carbocycles. The predicted octanol–water partition coefficient (Wildman–Crippen LogP) is 4.30. The summed E-state index contributed by atoms with van der Waals surface area (Å²) < 4.78 is 5.59. The second-order valence-corrected chi connectivity index (χ2v) is 5.90. The Kier molecular flexibility index (Phi) is 6.13. The van der Waals surface area contributed by atoms with Crippen LogP contribution >= 0.6 is 0 Å². The molecular weight excluding hydrogens is 302 g/mol. The molecule has 0 aromatic heterocycles. The molecule has 4 heteroatoms. The number of carbonyl (C=O) groups excluding carboxylic acids is 2. The van der Waals surface area contributed by atoms with Gasteiger partial charge in [-0.1, -0.05) is 17.7 Å². The molecule has 0 heterocycles. The van der Waals surface area contributed by atoms with Crippen molar-refractivity contribution >= 4 is 17.4 Å². The highest BCUT2D eigenvalue weighted by Gasteiger charge is 2.05. The van der Waals surface area contributed by atoms with E-state index >= 15 is 0 Å². The summed E-state index contributed by atoms with van der Waals surface area (Å²) in [5.41, 5.74) is 3.75. The largest absolute Gasteiger partial charge is 0.494 e. The molecule has 0 saturated carbocycles. The summed E-state index contributed by atoms with van der Waals surface area (Å²) in [6.07, 6.45) is 1.03. The Balaban J connectivity index is 1.73. The number of ketones is 1. The summed E-state index contributed by atoms with van der Waals surface area (Å²) >= 11 is 0. The van der Waals surface area contributed by atoms with Crippen LogP contribution in [0, 0.1) is 13.8 Å². The molecule has 0 bridgehead atoms. The molecule has 0 spiro atoms. The van der Waals surface area contributed by atoms with E-state index in [1.165, 1.54) is 12.5 Å². The zero-order chi connectivity index (χ0) is 17.5. The summed E-state index contributed by atoms with van der Waals surface area (Å²) in [6.45, 7) is 6.00. The number of benzene rings is 2. The van der Waals surface area contributed by atoms with Crippen LogP contribution in [0.15, 0.2) is 42.5 Å². The van der Waals surface area contributed by atoms with Crippen LogP contribution in [0.5, 0.6) is 5.75 Å². The standard InChI is InChI=1S/C20H23NO3/c1-14-6-11-19(15(2)13-14)21-20(23)5-4-12-24-18-9-7-17(8-10-18)16(3)22/h6-11,13H,4-5,12H2,1-3H3,(H,21,23). The van der Waals surface area contributed by atoms with Crippen LogP contribution in [0.3, 0.4) is 0 Å². The first-order chi connectivity index (χ1) is 11.5. The van der Waals surface area contributed by atoms with Gasteiger partial charge in [0.1, 0.15) is 5.75 Å². The van der Waals surface area contributed by atoms with Crippen molar-refractivity contribution in [3.05, 3.63) is 59.2 Å². The fourth-order valence-corrected chi connectivity index (χ4v) is 2.38. The van der Waals surface area contributed by atoms with Gasteiger partial charge in [-0.2, -0.15) is 0 Å². The quantitative estimate of drug-likeness (QED) is 0.610. The Labute approximate surface area is 142 Å². The lowest BCUT2D eigenvalue weighted by Gasteiger charge is -2.10. The minimum Gasteiger partial charge on any atom is -0.494 e. The van der Waals surface area contributed by atoms with E-state index in [2.05, 4.69) is 5.32 Å². The predicted molar refractivity (Wildman–Crippen MR) is 95.7 cm³/mol. The van der Waals surface area contributed by atoms with Gasteiger partial charge in [0.05, 0.1) is 6.61 Å². The van der Waals surface area contributed by atoms with Gasteiger partial charge in [0.25, 0.3) is 0 Å². The van der Waals surface area contributed by atoms with Crippen LogP contribution in [0.1, 0.15) is 41.3 Å². The van der Waals surface area contributed by atoms with Crippen molar-refractivity contribution in [2.24, 2.45) is 0 Å². The number of Topliss-reactive ketones (excluding diaryl/α,β-unsaturated/α-hetero) is 1. The van der Waals surface area contributed by atoms with Gasteiger partial charge >= 0.3 is 0 Å². The maximum atomic E-state index is 12.0. The van der Waals surface area contributed by atoms with E-state index in [0.29, 0.717) is 30.8 Å². The normalized spacial score (nSPS) is 10.3. The Bertz CT molecular complexity index is 720. The topological polar surface area (TPSA) is 55.4 Å². The van der Waals surface area contributed by atoms with Crippen LogP contribution in [0.4, 0.5) is 5.69 Å². The molecule has 2 aromatic carbocycles. The van der Waals surface area contributed by atoms with Gasteiger partial charge in [-0.3, -0.25) is 9.59 Å². The molecule has 0 radical (unpaired) electrons. The number of anilines is 1. The summed E-state index contributed by atoms with van der Waals surface area (Å²) in [7, 11) is 0. The molecule has 0 aliphatic rings. The van der Waals surface area contributed by atoms with Gasteiger partial charge in [-0.05, 0) is 63.1 Å². The third kappa shape index (κ3) is 5.23. The van der Waals surface area contributed by atoms with E-state index in [-0.39, 0.29) is 11.7 Å². The molecule has 1 amide bonds. The van der Waals surface area contributed by atoms with Crippen LogP contribution in [0.25, 0.3) is 0 Å². The SMILES string of the molecule is CC(=O)c1ccc(OCCCC(=O)Nc2ccc(C)cc2C)cc1. The van der Waals surface area contributed by atoms with Crippen molar-refractivity contribution in [3.63, 3.8) is 0 Å². The van der Waals surface area contributed by atoms with Crippen molar-refractivity contribution in [2.75, 3.05) is 11.9 Å². The van der Waals surface area contributed by atoms with Crippen LogP contribution in [-0.2, 0) is 4.79 Å². The van der Waals surface area contributed by atoms with Crippen molar-refractivity contribution < 1.29 is 14.3 Å². The maximum absolute atomic E-state index is 12.0. The minimum atomic E-state index is -0.0162. The monoisotopic (exact) mass is 325 g/mol. The van der Waals surface area contributed by atoms with E-state index < -0.39 is 0 Å². The van der Waals surface area contributed by atoms with E-state index in [9.17, 15) is 9.59 Å². The average Bonchev–Trinajstić information content (AvgIpc) is 2.55. The Hall–Kier alpha value is -2.62. The smallest absolute Gasteiger partial charge is 0.224 e. The average molecular weight is 325 g/mol. The highest BCUT2D eigenvalue weighted by Crippen LogP contribution is 2.17. The molecule has 126 valence electrons. The zero-order valence-electron chi connectivity index (χ0n) is 14.4. The van der Waals surface area contributed by atoms with Crippen LogP contribution < -0.4 is 10.1 Å². The lowest BCUT2D eigenvalue weighted by molar-refractivity contribution is -0.116. The van der Waals surface area contributed by atoms with Gasteiger partial charge in [-0.15, -0.1) is 0 Å². The Morgan fingerprint density at radius 2 is 1.75 bits per heavy atom. The number of hydrogen-bond donors (Lipinski definition) is 1. The van der Waals surface area contributed by atoms with Gasteiger partial charge in [0.15, 0.2) is 5.78 Å². The molecule has 2 aromatic rings. The number of ether oxygens (including phenoxy) is 1. The number of aryl methyl sites for hydroxylation is 2. The first-order valence-corrected chi connectivity index (χ1v) is 8.06. The number of hydrogen-bond acceptors (Lipinski definition) is 3. The van der Waals surface area contributed by atoms with E-state index in [1.807, 2.05) is 32.0 Å². The lowest BCUT2D eigenvalue weighted by atomic mass is 10.1. The third-order valence-electron chi connectivity index (χ3n) is 3.73. The van der Waals surface area contributed by atoms with Gasteiger partial charge in [0.2, 0.25) is 5.91 Å². The van der Waals surface area contributed by atoms with Crippen molar-refractivity contribution in [1.29, 1.82) is 0 Å². The van der Waals surface area contributed by atoms with Crippen LogP contribution in [-0.4, -0.2) is 18.3 Å². The second-order valence-electron chi connectivity index (χ2n) is 5.90. The summed E-state index contributed by atoms with van der Waals surface area (Å²) in [5.74, 6) is 0.719. The van der Waals surface area contributed by atoms with E-state index in [0.717, 1.165) is 11.3 Å². The highest BCUT2D eigenvalue weighted by molar-refractivity contribution is 5.94. The summed E-state index contributed by atoms with van der Waals surface area (Å²) in [6, 6.07) is 13.0. The van der Waals surface area contributed by atoms with E-state index in [4.69, 9.17) is 4.74 Å². The van der Waals surface area contributed by atoms with E-state index in [1.54, 1.807) is 24.3 Å². The molecule has 0 atom stereocenters. The van der Waals surface area contributed by atoms with Gasteiger partial charge in [0, 0.05) is 17.7 Å². The molecular formula is C20H23NO3. The van der Waals surface area contributed by atoms with Crippen molar-refractivity contribution in [2.45, 2.75) is 33.6 Å². The molecule has 4 nitrogen and oxygen atoms in total. The summed E-state index contributed by atoms with van der Waals surface area (Å²) in [4.78, 5) is 23.2. The molecule has 0 unspecified atom stereocenters. The van der Waals surface area contributed by atoms with Crippen molar-refractivity contribution in [1.82, 2.24) is 0 Å².